The molecule has 0 heterocycles. The summed E-state index contributed by atoms with van der Waals surface area (Å²) in [4.78, 5) is 11.3. The zero-order valence-electron chi connectivity index (χ0n) is 7.36. The van der Waals surface area contributed by atoms with Crippen molar-refractivity contribution < 1.29 is 9.90 Å². The Hall–Kier alpha value is -1.35. The number of nitrogens with one attached hydrogen (secondary N) is 1. The second-order valence-electron chi connectivity index (χ2n) is 2.67. The van der Waals surface area contributed by atoms with Crippen molar-refractivity contribution in [3.63, 3.8) is 0 Å². The zero-order chi connectivity index (χ0) is 9.52. The van der Waals surface area contributed by atoms with Gasteiger partial charge in [0.1, 0.15) is 0 Å². The maximum atomic E-state index is 11.3. The normalized spacial score (nSPS) is 15.0. The molecule has 0 aromatic heterocycles. The van der Waals surface area contributed by atoms with E-state index < -0.39 is 0 Å². The van der Waals surface area contributed by atoms with Gasteiger partial charge in [0.15, 0.2) is 0 Å². The van der Waals surface area contributed by atoms with Gasteiger partial charge in [-0.2, -0.15) is 0 Å². The lowest BCUT2D eigenvalue weighted by Gasteiger charge is -2.02. The fourth-order valence-corrected chi connectivity index (χ4v) is 1.00. The van der Waals surface area contributed by atoms with E-state index in [2.05, 4.69) is 5.32 Å². The lowest BCUT2D eigenvalue weighted by atomic mass is 10.2. The van der Waals surface area contributed by atoms with Crippen LogP contribution in [0.3, 0.4) is 0 Å². The minimum absolute atomic E-state index is 0.0292. The van der Waals surface area contributed by atoms with Crippen molar-refractivity contribution in [1.82, 2.24) is 5.32 Å². The molecule has 13 heavy (non-hydrogen) atoms. The number of aliphatic hydroxyl groups excluding tert-OH is 1. The first-order valence-corrected chi connectivity index (χ1v) is 4.27. The molecule has 1 aliphatic rings. The van der Waals surface area contributed by atoms with Gasteiger partial charge in [-0.05, 0) is 12.5 Å². The number of amides is 1. The van der Waals surface area contributed by atoms with Gasteiger partial charge in [-0.15, -0.1) is 0 Å². The van der Waals surface area contributed by atoms with Crippen LogP contribution in [0, 0.1) is 0 Å². The van der Waals surface area contributed by atoms with Gasteiger partial charge in [-0.3, -0.25) is 4.79 Å². The van der Waals surface area contributed by atoms with E-state index in [1.54, 1.807) is 12.2 Å². The summed E-state index contributed by atoms with van der Waals surface area (Å²) in [6, 6.07) is 0. The molecule has 1 rings (SSSR count). The topological polar surface area (TPSA) is 49.3 Å². The van der Waals surface area contributed by atoms with Crippen LogP contribution in [-0.4, -0.2) is 24.2 Å². The minimum atomic E-state index is -0.142. The standard InChI is InChI=1S/C10H13NO2/c12-8-7-11-10(13)9-5-3-1-2-4-6-9/h1,3-6,12H,2,7-8H2,(H,11,13). The Labute approximate surface area is 77.5 Å². The van der Waals surface area contributed by atoms with Gasteiger partial charge >= 0.3 is 0 Å². The molecule has 0 aromatic rings. The van der Waals surface area contributed by atoms with Crippen LogP contribution in [0.5, 0.6) is 0 Å². The number of hydrogen-bond donors (Lipinski definition) is 2. The number of hydrogen-bond acceptors (Lipinski definition) is 2. The molecule has 0 aromatic carbocycles. The highest BCUT2D eigenvalue weighted by Gasteiger charge is 2.04. The SMILES string of the molecule is O=C(NCCO)C1=CC=CCC=C1. The molecule has 3 heteroatoms. The summed E-state index contributed by atoms with van der Waals surface area (Å²) < 4.78 is 0. The largest absolute Gasteiger partial charge is 0.395 e. The van der Waals surface area contributed by atoms with Crippen molar-refractivity contribution >= 4 is 5.91 Å². The van der Waals surface area contributed by atoms with Gasteiger partial charge in [0.05, 0.1) is 6.61 Å². The second kappa shape index (κ2) is 5.32. The molecule has 0 atom stereocenters. The van der Waals surface area contributed by atoms with Gasteiger partial charge in [0.2, 0.25) is 0 Å². The first kappa shape index (κ1) is 9.74. The van der Waals surface area contributed by atoms with Crippen molar-refractivity contribution in [3.8, 4) is 0 Å². The number of aliphatic hydroxyl groups is 1. The maximum Gasteiger partial charge on any atom is 0.251 e. The summed E-state index contributed by atoms with van der Waals surface area (Å²) >= 11 is 0. The fraction of sp³-hybridized carbons (Fsp3) is 0.300. The average molecular weight is 179 g/mol. The van der Waals surface area contributed by atoms with Gasteiger partial charge in [-0.25, -0.2) is 0 Å². The molecule has 0 radical (unpaired) electrons. The molecule has 0 bridgehead atoms. The van der Waals surface area contributed by atoms with Crippen molar-refractivity contribution in [2.75, 3.05) is 13.2 Å². The Morgan fingerprint density at radius 3 is 3.15 bits per heavy atom. The van der Waals surface area contributed by atoms with E-state index in [1.165, 1.54) is 0 Å². The summed E-state index contributed by atoms with van der Waals surface area (Å²) in [6.45, 7) is 0.270. The molecule has 0 saturated carbocycles. The Kier molecular flexibility index (Phi) is 3.99. The number of allylic oxidation sites excluding steroid dienone is 4. The molecule has 0 saturated heterocycles. The highest BCUT2D eigenvalue weighted by molar-refractivity contribution is 5.96. The van der Waals surface area contributed by atoms with Crippen molar-refractivity contribution in [2.24, 2.45) is 0 Å². The van der Waals surface area contributed by atoms with Gasteiger partial charge in [-0.1, -0.05) is 24.3 Å². The molecule has 1 aliphatic carbocycles. The smallest absolute Gasteiger partial charge is 0.251 e. The van der Waals surface area contributed by atoms with Gasteiger partial charge < -0.3 is 10.4 Å². The molecule has 0 unspecified atom stereocenters. The predicted molar refractivity (Wildman–Crippen MR) is 51.1 cm³/mol. The van der Waals surface area contributed by atoms with E-state index in [0.29, 0.717) is 12.1 Å². The number of carbonyl (C=O) groups is 1. The van der Waals surface area contributed by atoms with Crippen LogP contribution in [0.4, 0.5) is 0 Å². The van der Waals surface area contributed by atoms with Crippen LogP contribution in [0.2, 0.25) is 0 Å². The zero-order valence-corrected chi connectivity index (χ0v) is 7.36. The van der Waals surface area contributed by atoms with Crippen molar-refractivity contribution in [2.45, 2.75) is 6.42 Å². The fourth-order valence-electron chi connectivity index (χ4n) is 1.00. The van der Waals surface area contributed by atoms with E-state index in [1.807, 2.05) is 18.2 Å². The summed E-state index contributed by atoms with van der Waals surface area (Å²) in [5, 5.41) is 11.1. The summed E-state index contributed by atoms with van der Waals surface area (Å²) in [5.74, 6) is -0.142. The summed E-state index contributed by atoms with van der Waals surface area (Å²) in [7, 11) is 0. The first-order chi connectivity index (χ1) is 6.34. The van der Waals surface area contributed by atoms with E-state index >= 15 is 0 Å². The Morgan fingerprint density at radius 2 is 2.38 bits per heavy atom. The van der Waals surface area contributed by atoms with Crippen LogP contribution in [0.25, 0.3) is 0 Å². The molecular formula is C10H13NO2. The third-order valence-electron chi connectivity index (χ3n) is 1.64. The van der Waals surface area contributed by atoms with Crippen LogP contribution in [0.1, 0.15) is 6.42 Å². The summed E-state index contributed by atoms with van der Waals surface area (Å²) in [5.41, 5.74) is 0.627. The van der Waals surface area contributed by atoms with Gasteiger partial charge in [0, 0.05) is 12.1 Å². The molecule has 0 fully saturated rings. The third kappa shape index (κ3) is 3.25. The van der Waals surface area contributed by atoms with Crippen LogP contribution in [0.15, 0.2) is 36.0 Å². The summed E-state index contributed by atoms with van der Waals surface area (Å²) in [6.07, 6.45) is 10.2. The lowest BCUT2D eigenvalue weighted by Crippen LogP contribution is -2.27. The number of carbonyl (C=O) groups excluding carboxylic acids is 1. The Morgan fingerprint density at radius 1 is 1.54 bits per heavy atom. The van der Waals surface area contributed by atoms with Gasteiger partial charge in [0.25, 0.3) is 5.91 Å². The molecule has 1 amide bonds. The Balaban J connectivity index is 2.54. The monoisotopic (exact) mass is 179 g/mol. The molecule has 0 spiro atoms. The van der Waals surface area contributed by atoms with Crippen LogP contribution < -0.4 is 5.32 Å². The van der Waals surface area contributed by atoms with E-state index in [4.69, 9.17) is 5.11 Å². The predicted octanol–water partition coefficient (Wildman–Crippen LogP) is 0.537. The van der Waals surface area contributed by atoms with Crippen molar-refractivity contribution in [3.05, 3.63) is 36.0 Å². The minimum Gasteiger partial charge on any atom is -0.395 e. The maximum absolute atomic E-state index is 11.3. The van der Waals surface area contributed by atoms with Crippen LogP contribution in [-0.2, 0) is 4.79 Å². The highest BCUT2D eigenvalue weighted by atomic mass is 16.3. The van der Waals surface area contributed by atoms with E-state index in [-0.39, 0.29) is 12.5 Å². The second-order valence-corrected chi connectivity index (χ2v) is 2.67. The number of rotatable bonds is 3. The first-order valence-electron chi connectivity index (χ1n) is 4.27. The molecule has 3 nitrogen and oxygen atoms in total. The van der Waals surface area contributed by atoms with E-state index in [0.717, 1.165) is 6.42 Å². The highest BCUT2D eigenvalue weighted by Crippen LogP contribution is 2.03. The average Bonchev–Trinajstić information content (AvgIpc) is 2.42. The molecule has 0 aliphatic heterocycles. The Bertz CT molecular complexity index is 264. The lowest BCUT2D eigenvalue weighted by molar-refractivity contribution is -0.117. The van der Waals surface area contributed by atoms with E-state index in [9.17, 15) is 4.79 Å². The third-order valence-corrected chi connectivity index (χ3v) is 1.64. The molecule has 70 valence electrons. The quantitative estimate of drug-likeness (QED) is 0.664. The van der Waals surface area contributed by atoms with Crippen molar-refractivity contribution in [1.29, 1.82) is 0 Å². The molecule has 2 N–H and O–H groups in total. The molecular weight excluding hydrogens is 166 g/mol. The van der Waals surface area contributed by atoms with Crippen LogP contribution >= 0.6 is 0 Å².